The molecule has 0 saturated carbocycles. The van der Waals surface area contributed by atoms with E-state index in [0.717, 1.165) is 11.3 Å². The van der Waals surface area contributed by atoms with Gasteiger partial charge in [0.1, 0.15) is 5.75 Å². The smallest absolute Gasteiger partial charge is 0.341 e. The first-order valence-corrected chi connectivity index (χ1v) is 11.3. The number of hydrogen-bond donors (Lipinski definition) is 2. The van der Waals surface area contributed by atoms with Crippen molar-refractivity contribution in [3.05, 3.63) is 78.4 Å². The number of benzene rings is 3. The molecule has 9 heteroatoms. The van der Waals surface area contributed by atoms with Crippen molar-refractivity contribution in [2.24, 2.45) is 10.2 Å². The number of nitrogens with zero attached hydrogens (tertiary/aromatic N) is 3. The average molecular weight is 453 g/mol. The number of carbonyl (C=O) groups is 1. The first-order valence-electron chi connectivity index (χ1n) is 9.86. The largest absolute Gasteiger partial charge is 0.508 e. The molecule has 0 unspecified atom stereocenters. The van der Waals surface area contributed by atoms with Crippen LogP contribution >= 0.6 is 0 Å². The third kappa shape index (κ3) is 5.92. The van der Waals surface area contributed by atoms with Crippen LogP contribution in [0.3, 0.4) is 0 Å². The Morgan fingerprint density at radius 3 is 1.94 bits per heavy atom. The Morgan fingerprint density at radius 2 is 1.41 bits per heavy atom. The van der Waals surface area contributed by atoms with E-state index in [1.807, 2.05) is 43.3 Å². The van der Waals surface area contributed by atoms with Crippen LogP contribution in [0.15, 0.2) is 87.9 Å². The van der Waals surface area contributed by atoms with Crippen LogP contribution in [0.2, 0.25) is 0 Å². The highest BCUT2D eigenvalue weighted by atomic mass is 32.2. The maximum atomic E-state index is 12.5. The molecule has 0 heterocycles. The SMILES string of the molecule is CN(C)c1ccc(N=Nc2ccc(S(=O)(=O)C(=O)NCCc3ccc(O)cc3)cc2)cc1. The highest BCUT2D eigenvalue weighted by Gasteiger charge is 2.24. The maximum Gasteiger partial charge on any atom is 0.341 e. The molecule has 0 aliphatic rings. The molecule has 8 nitrogen and oxygen atoms in total. The molecule has 32 heavy (non-hydrogen) atoms. The van der Waals surface area contributed by atoms with E-state index in [1.165, 1.54) is 36.4 Å². The van der Waals surface area contributed by atoms with Gasteiger partial charge in [0, 0.05) is 26.3 Å². The fourth-order valence-corrected chi connectivity index (χ4v) is 3.80. The zero-order valence-electron chi connectivity index (χ0n) is 17.8. The Balaban J connectivity index is 1.59. The number of phenolic OH excluding ortho intramolecular Hbond substituents is 1. The number of nitrogens with one attached hydrogen (secondary N) is 1. The van der Waals surface area contributed by atoms with Crippen molar-refractivity contribution in [1.29, 1.82) is 0 Å². The van der Waals surface area contributed by atoms with Gasteiger partial charge in [-0.05, 0) is 72.6 Å². The number of sulfone groups is 1. The van der Waals surface area contributed by atoms with Crippen LogP contribution in [0.5, 0.6) is 5.75 Å². The summed E-state index contributed by atoms with van der Waals surface area (Å²) in [5, 5.41) is 18.9. The second-order valence-electron chi connectivity index (χ2n) is 7.24. The molecule has 3 rings (SSSR count). The van der Waals surface area contributed by atoms with Crippen LogP contribution in [0, 0.1) is 0 Å². The number of aromatic hydroxyl groups is 1. The number of hydrogen-bond acceptors (Lipinski definition) is 7. The number of phenols is 1. The van der Waals surface area contributed by atoms with E-state index in [1.54, 1.807) is 12.1 Å². The van der Waals surface area contributed by atoms with Gasteiger partial charge in [0.15, 0.2) is 0 Å². The van der Waals surface area contributed by atoms with Crippen LogP contribution in [0.4, 0.5) is 21.9 Å². The fraction of sp³-hybridized carbons (Fsp3) is 0.174. The lowest BCUT2D eigenvalue weighted by atomic mass is 10.1. The third-order valence-electron chi connectivity index (χ3n) is 4.66. The number of rotatable bonds is 7. The molecule has 0 radical (unpaired) electrons. The lowest BCUT2D eigenvalue weighted by Gasteiger charge is -2.11. The summed E-state index contributed by atoms with van der Waals surface area (Å²) in [5.74, 6) is 0.144. The Kier molecular flexibility index (Phi) is 7.21. The van der Waals surface area contributed by atoms with Crippen molar-refractivity contribution in [3.63, 3.8) is 0 Å². The molecule has 3 aromatic rings. The molecular formula is C23H24N4O4S. The minimum Gasteiger partial charge on any atom is -0.508 e. The Labute approximate surface area is 187 Å². The van der Waals surface area contributed by atoms with Gasteiger partial charge in [-0.25, -0.2) is 8.42 Å². The van der Waals surface area contributed by atoms with Crippen molar-refractivity contribution in [3.8, 4) is 5.75 Å². The third-order valence-corrected chi connectivity index (χ3v) is 6.18. The summed E-state index contributed by atoms with van der Waals surface area (Å²) in [7, 11) is -0.271. The summed E-state index contributed by atoms with van der Waals surface area (Å²) in [6.07, 6.45) is 0.441. The Bertz CT molecular complexity index is 1190. The van der Waals surface area contributed by atoms with Crippen molar-refractivity contribution in [2.45, 2.75) is 11.3 Å². The molecule has 0 fully saturated rings. The van der Waals surface area contributed by atoms with Gasteiger partial charge >= 0.3 is 5.24 Å². The topological polar surface area (TPSA) is 111 Å². The predicted octanol–water partition coefficient (Wildman–Crippen LogP) is 4.60. The monoisotopic (exact) mass is 452 g/mol. The molecule has 3 aromatic carbocycles. The summed E-state index contributed by atoms with van der Waals surface area (Å²) in [6, 6.07) is 19.6. The van der Waals surface area contributed by atoms with Gasteiger partial charge in [0.2, 0.25) is 0 Å². The predicted molar refractivity (Wildman–Crippen MR) is 124 cm³/mol. The van der Waals surface area contributed by atoms with Gasteiger partial charge in [0.05, 0.1) is 16.3 Å². The number of azo groups is 1. The van der Waals surface area contributed by atoms with E-state index in [9.17, 15) is 18.3 Å². The summed E-state index contributed by atoms with van der Waals surface area (Å²) >= 11 is 0. The Hall–Kier alpha value is -3.72. The van der Waals surface area contributed by atoms with E-state index in [4.69, 9.17) is 0 Å². The first kappa shape index (κ1) is 23.0. The van der Waals surface area contributed by atoms with Crippen LogP contribution < -0.4 is 10.2 Å². The van der Waals surface area contributed by atoms with E-state index in [-0.39, 0.29) is 17.2 Å². The maximum absolute atomic E-state index is 12.5. The highest BCUT2D eigenvalue weighted by molar-refractivity contribution is 8.06. The fourth-order valence-electron chi connectivity index (χ4n) is 2.80. The summed E-state index contributed by atoms with van der Waals surface area (Å²) in [5.41, 5.74) is 3.04. The van der Waals surface area contributed by atoms with Crippen molar-refractivity contribution >= 4 is 32.1 Å². The van der Waals surface area contributed by atoms with E-state index >= 15 is 0 Å². The minimum atomic E-state index is -4.16. The quantitative estimate of drug-likeness (QED) is 0.509. The van der Waals surface area contributed by atoms with Gasteiger partial charge in [0.25, 0.3) is 9.84 Å². The van der Waals surface area contributed by atoms with E-state index < -0.39 is 15.1 Å². The molecule has 0 aromatic heterocycles. The lowest BCUT2D eigenvalue weighted by molar-refractivity contribution is 0.258. The normalized spacial score (nSPS) is 11.4. The summed E-state index contributed by atoms with van der Waals surface area (Å²) in [4.78, 5) is 14.1. The molecule has 0 spiro atoms. The van der Waals surface area contributed by atoms with Gasteiger partial charge < -0.3 is 15.3 Å². The molecule has 166 valence electrons. The summed E-state index contributed by atoms with van der Waals surface area (Å²) in [6.45, 7) is 0.155. The molecule has 2 N–H and O–H groups in total. The Morgan fingerprint density at radius 1 is 0.875 bits per heavy atom. The van der Waals surface area contributed by atoms with Gasteiger partial charge in [-0.2, -0.15) is 10.2 Å². The standard InChI is InChI=1S/C23H24N4O4S/c1-27(2)20-9-5-18(6-10-20)25-26-19-7-13-22(14-8-19)32(30,31)23(29)24-16-15-17-3-11-21(28)12-4-17/h3-14,28H,15-16H2,1-2H3,(H,24,29). The zero-order valence-corrected chi connectivity index (χ0v) is 18.6. The summed E-state index contributed by atoms with van der Waals surface area (Å²) < 4.78 is 25.0. The number of anilines is 1. The lowest BCUT2D eigenvalue weighted by Crippen LogP contribution is -2.31. The molecule has 0 atom stereocenters. The van der Waals surface area contributed by atoms with Crippen LogP contribution in [0.1, 0.15) is 5.56 Å². The molecule has 0 saturated heterocycles. The average Bonchev–Trinajstić information content (AvgIpc) is 2.79. The second-order valence-corrected chi connectivity index (χ2v) is 9.09. The molecule has 0 aliphatic carbocycles. The van der Waals surface area contributed by atoms with Gasteiger partial charge in [-0.3, -0.25) is 4.79 Å². The van der Waals surface area contributed by atoms with Crippen LogP contribution in [0.25, 0.3) is 0 Å². The van der Waals surface area contributed by atoms with Gasteiger partial charge in [-0.1, -0.05) is 12.1 Å². The minimum absolute atomic E-state index is 0.117. The van der Waals surface area contributed by atoms with Crippen LogP contribution in [-0.2, 0) is 16.3 Å². The van der Waals surface area contributed by atoms with Crippen molar-refractivity contribution in [1.82, 2.24) is 5.32 Å². The first-order chi connectivity index (χ1) is 15.3. The molecule has 0 bridgehead atoms. The highest BCUT2D eigenvalue weighted by Crippen LogP contribution is 2.23. The molecule has 0 aliphatic heterocycles. The van der Waals surface area contributed by atoms with E-state index in [2.05, 4.69) is 15.5 Å². The number of amides is 1. The molecule has 1 amide bonds. The zero-order chi connectivity index (χ0) is 23.1. The van der Waals surface area contributed by atoms with Gasteiger partial charge in [-0.15, -0.1) is 0 Å². The van der Waals surface area contributed by atoms with Crippen LogP contribution in [-0.4, -0.2) is 39.4 Å². The molecular weight excluding hydrogens is 428 g/mol. The van der Waals surface area contributed by atoms with Crippen molar-refractivity contribution < 1.29 is 18.3 Å². The van der Waals surface area contributed by atoms with Crippen molar-refractivity contribution in [2.75, 3.05) is 25.5 Å². The second kappa shape index (κ2) is 10.1. The van der Waals surface area contributed by atoms with E-state index in [0.29, 0.717) is 17.8 Å². The number of carbonyl (C=O) groups excluding carboxylic acids is 1.